The summed E-state index contributed by atoms with van der Waals surface area (Å²) in [4.78, 5) is 0. The Labute approximate surface area is 50.6 Å². The maximum atomic E-state index is 5.21. The Bertz CT molecular complexity index is 146. The highest BCUT2D eigenvalue weighted by molar-refractivity contribution is 5.30. The smallest absolute Gasteiger partial charge is 0.000607 e. The molecule has 0 heteroatoms. The monoisotopic (exact) mass is 106 g/mol. The first-order valence-electron chi connectivity index (χ1n) is 3.01. The van der Waals surface area contributed by atoms with Gasteiger partial charge in [0.1, 0.15) is 0 Å². The van der Waals surface area contributed by atoms with Crippen LogP contribution in [0.15, 0.2) is 11.6 Å². The summed E-state index contributed by atoms with van der Waals surface area (Å²) in [5.74, 6) is 3.33. The van der Waals surface area contributed by atoms with Gasteiger partial charge < -0.3 is 0 Å². The zero-order chi connectivity index (χ0) is 5.98. The van der Waals surface area contributed by atoms with E-state index >= 15 is 0 Å². The molecular formula is C8H10. The van der Waals surface area contributed by atoms with Crippen LogP contribution in [-0.2, 0) is 0 Å². The van der Waals surface area contributed by atoms with Crippen LogP contribution < -0.4 is 0 Å². The van der Waals surface area contributed by atoms with Gasteiger partial charge in [-0.05, 0) is 18.8 Å². The highest BCUT2D eigenvalue weighted by Crippen LogP contribution is 2.23. The van der Waals surface area contributed by atoms with E-state index in [9.17, 15) is 0 Å². The molecule has 0 nitrogen and oxygen atoms in total. The third kappa shape index (κ3) is 0.767. The molecule has 0 saturated heterocycles. The average Bonchev–Trinajstić information content (AvgIpc) is 2.14. The molecule has 0 fully saturated rings. The van der Waals surface area contributed by atoms with Crippen molar-refractivity contribution in [2.75, 3.05) is 0 Å². The summed E-state index contributed by atoms with van der Waals surface area (Å²) in [5, 5.41) is 0. The van der Waals surface area contributed by atoms with Crippen molar-refractivity contribution in [2.45, 2.75) is 19.8 Å². The van der Waals surface area contributed by atoms with Crippen LogP contribution in [-0.4, -0.2) is 0 Å². The van der Waals surface area contributed by atoms with Crippen LogP contribution in [0.5, 0.6) is 0 Å². The molecule has 0 aliphatic heterocycles. The van der Waals surface area contributed by atoms with Crippen LogP contribution >= 0.6 is 0 Å². The van der Waals surface area contributed by atoms with Gasteiger partial charge >= 0.3 is 0 Å². The summed E-state index contributed by atoms with van der Waals surface area (Å²) in [6, 6.07) is 0. The van der Waals surface area contributed by atoms with Gasteiger partial charge in [-0.1, -0.05) is 18.9 Å². The maximum Gasteiger partial charge on any atom is 0.000607 e. The zero-order valence-electron chi connectivity index (χ0n) is 5.15. The van der Waals surface area contributed by atoms with E-state index in [4.69, 9.17) is 6.42 Å². The minimum Gasteiger partial charge on any atom is -0.115 e. The minimum atomic E-state index is 0.653. The van der Waals surface area contributed by atoms with E-state index in [0.29, 0.717) is 5.92 Å². The van der Waals surface area contributed by atoms with Crippen LogP contribution in [0.3, 0.4) is 0 Å². The highest BCUT2D eigenvalue weighted by atomic mass is 14.1. The minimum absolute atomic E-state index is 0.653. The predicted molar refractivity (Wildman–Crippen MR) is 35.3 cm³/mol. The summed E-state index contributed by atoms with van der Waals surface area (Å²) in [6.07, 6.45) is 9.79. The summed E-state index contributed by atoms with van der Waals surface area (Å²) in [5.41, 5.74) is 1.20. The second-order valence-electron chi connectivity index (χ2n) is 2.28. The zero-order valence-corrected chi connectivity index (χ0v) is 5.15. The molecule has 0 N–H and O–H groups in total. The first kappa shape index (κ1) is 5.44. The molecule has 0 aromatic heterocycles. The molecule has 1 rings (SSSR count). The topological polar surface area (TPSA) is 0 Å². The fourth-order valence-corrected chi connectivity index (χ4v) is 1.05. The number of rotatable bonds is 0. The van der Waals surface area contributed by atoms with E-state index in [1.165, 1.54) is 18.4 Å². The molecule has 0 heterocycles. The van der Waals surface area contributed by atoms with Gasteiger partial charge in [0, 0.05) is 5.57 Å². The molecule has 0 spiro atoms. The van der Waals surface area contributed by atoms with Gasteiger partial charge in [-0.3, -0.25) is 0 Å². The Morgan fingerprint density at radius 3 is 2.88 bits per heavy atom. The molecule has 0 aromatic rings. The Morgan fingerprint density at radius 2 is 2.62 bits per heavy atom. The fraction of sp³-hybridized carbons (Fsp3) is 0.500. The van der Waals surface area contributed by atoms with Crippen molar-refractivity contribution in [2.24, 2.45) is 5.92 Å². The molecule has 1 unspecified atom stereocenters. The SMILES string of the molecule is C#CC1=CCCC1C. The molecule has 8 heavy (non-hydrogen) atoms. The second-order valence-corrected chi connectivity index (χ2v) is 2.28. The maximum absolute atomic E-state index is 5.21. The average molecular weight is 106 g/mol. The molecule has 0 saturated carbocycles. The Balaban J connectivity index is 2.66. The van der Waals surface area contributed by atoms with Crippen molar-refractivity contribution in [3.05, 3.63) is 11.6 Å². The third-order valence-electron chi connectivity index (χ3n) is 1.66. The Hall–Kier alpha value is -0.700. The number of terminal acetylenes is 1. The summed E-state index contributed by atoms with van der Waals surface area (Å²) >= 11 is 0. The lowest BCUT2D eigenvalue weighted by molar-refractivity contribution is 0.685. The highest BCUT2D eigenvalue weighted by Gasteiger charge is 2.10. The quantitative estimate of drug-likeness (QED) is 0.414. The van der Waals surface area contributed by atoms with Crippen molar-refractivity contribution < 1.29 is 0 Å². The summed E-state index contributed by atoms with van der Waals surface area (Å²) in [6.45, 7) is 2.18. The first-order chi connectivity index (χ1) is 3.84. The molecule has 0 aromatic carbocycles. The summed E-state index contributed by atoms with van der Waals surface area (Å²) in [7, 11) is 0. The van der Waals surface area contributed by atoms with Gasteiger partial charge in [0.2, 0.25) is 0 Å². The molecule has 0 amide bonds. The first-order valence-corrected chi connectivity index (χ1v) is 3.01. The lowest BCUT2D eigenvalue weighted by Crippen LogP contribution is -1.87. The van der Waals surface area contributed by atoms with Crippen LogP contribution in [0.4, 0.5) is 0 Å². The number of hydrogen-bond acceptors (Lipinski definition) is 0. The van der Waals surface area contributed by atoms with Crippen LogP contribution in [0, 0.1) is 18.3 Å². The van der Waals surface area contributed by atoms with E-state index in [2.05, 4.69) is 18.9 Å². The second kappa shape index (κ2) is 2.05. The van der Waals surface area contributed by atoms with Crippen LogP contribution in [0.1, 0.15) is 19.8 Å². The molecule has 0 radical (unpaired) electrons. The van der Waals surface area contributed by atoms with Gasteiger partial charge in [-0.15, -0.1) is 6.42 Å². The van der Waals surface area contributed by atoms with Gasteiger partial charge in [0.15, 0.2) is 0 Å². The van der Waals surface area contributed by atoms with E-state index in [-0.39, 0.29) is 0 Å². The third-order valence-corrected chi connectivity index (χ3v) is 1.66. The van der Waals surface area contributed by atoms with Crippen molar-refractivity contribution in [3.8, 4) is 12.3 Å². The normalized spacial score (nSPS) is 27.0. The van der Waals surface area contributed by atoms with Gasteiger partial charge in [0.25, 0.3) is 0 Å². The standard InChI is InChI=1S/C8H10/c1-3-8-6-4-5-7(8)2/h1,6-7H,4-5H2,2H3. The molecule has 0 bridgehead atoms. The van der Waals surface area contributed by atoms with E-state index in [0.717, 1.165) is 0 Å². The van der Waals surface area contributed by atoms with E-state index in [1.807, 2.05) is 0 Å². The fourth-order valence-electron chi connectivity index (χ4n) is 1.05. The van der Waals surface area contributed by atoms with Crippen molar-refractivity contribution in [3.63, 3.8) is 0 Å². The largest absolute Gasteiger partial charge is 0.115 e. The number of hydrogen-bond donors (Lipinski definition) is 0. The predicted octanol–water partition coefficient (Wildman–Crippen LogP) is 1.98. The van der Waals surface area contributed by atoms with E-state index < -0.39 is 0 Å². The van der Waals surface area contributed by atoms with E-state index in [1.54, 1.807) is 0 Å². The Kier molecular flexibility index (Phi) is 1.39. The lowest BCUT2D eigenvalue weighted by atomic mass is 10.1. The van der Waals surface area contributed by atoms with Crippen molar-refractivity contribution in [1.82, 2.24) is 0 Å². The van der Waals surface area contributed by atoms with Gasteiger partial charge in [-0.25, -0.2) is 0 Å². The molecule has 1 aliphatic carbocycles. The Morgan fingerprint density at radius 1 is 1.88 bits per heavy atom. The van der Waals surface area contributed by atoms with Crippen molar-refractivity contribution in [1.29, 1.82) is 0 Å². The molecule has 1 aliphatic rings. The van der Waals surface area contributed by atoms with Crippen molar-refractivity contribution >= 4 is 0 Å². The van der Waals surface area contributed by atoms with Crippen LogP contribution in [0.25, 0.3) is 0 Å². The molecule has 1 atom stereocenters. The van der Waals surface area contributed by atoms with Gasteiger partial charge in [0.05, 0.1) is 0 Å². The lowest BCUT2D eigenvalue weighted by Gasteiger charge is -1.98. The molecular weight excluding hydrogens is 96.1 g/mol. The van der Waals surface area contributed by atoms with Gasteiger partial charge in [-0.2, -0.15) is 0 Å². The van der Waals surface area contributed by atoms with Crippen LogP contribution in [0.2, 0.25) is 0 Å². The number of allylic oxidation sites excluding steroid dienone is 2. The summed E-state index contributed by atoms with van der Waals surface area (Å²) < 4.78 is 0. The molecule has 42 valence electrons.